The van der Waals surface area contributed by atoms with Crippen molar-refractivity contribution in [2.45, 2.75) is 33.2 Å². The molecule has 0 amide bonds. The van der Waals surface area contributed by atoms with E-state index >= 15 is 0 Å². The summed E-state index contributed by atoms with van der Waals surface area (Å²) in [6.07, 6.45) is 2.10. The van der Waals surface area contributed by atoms with Gasteiger partial charge in [-0.2, -0.15) is 0 Å². The lowest BCUT2D eigenvalue weighted by molar-refractivity contribution is 0.445. The van der Waals surface area contributed by atoms with Crippen molar-refractivity contribution in [1.82, 2.24) is 5.32 Å². The molecule has 0 radical (unpaired) electrons. The fourth-order valence-corrected chi connectivity index (χ4v) is 1.77. The molecule has 0 saturated heterocycles. The maximum atomic E-state index is 5.77. The zero-order chi connectivity index (χ0) is 13.2. The van der Waals surface area contributed by atoms with Crippen LogP contribution in [0.25, 0.3) is 17.0 Å². The first kappa shape index (κ1) is 12.9. The van der Waals surface area contributed by atoms with Crippen molar-refractivity contribution in [1.29, 1.82) is 0 Å². The lowest BCUT2D eigenvalue weighted by Crippen LogP contribution is -2.36. The SMILES string of the molecule is CC(=Cc1cc2ccccc2o1)CNC(C)(C)C. The van der Waals surface area contributed by atoms with Gasteiger partial charge in [0.05, 0.1) is 0 Å². The highest BCUT2D eigenvalue weighted by atomic mass is 16.3. The smallest absolute Gasteiger partial charge is 0.134 e. The first-order valence-corrected chi connectivity index (χ1v) is 6.35. The molecule has 0 aliphatic rings. The van der Waals surface area contributed by atoms with Crippen LogP contribution in [0.2, 0.25) is 0 Å². The Morgan fingerprint density at radius 1 is 1.28 bits per heavy atom. The number of para-hydroxylation sites is 1. The number of furan rings is 1. The average Bonchev–Trinajstić information content (AvgIpc) is 2.67. The van der Waals surface area contributed by atoms with E-state index in [1.165, 1.54) is 5.57 Å². The summed E-state index contributed by atoms with van der Waals surface area (Å²) < 4.78 is 5.77. The van der Waals surface area contributed by atoms with Gasteiger partial charge in [0.2, 0.25) is 0 Å². The van der Waals surface area contributed by atoms with Crippen molar-refractivity contribution in [3.05, 3.63) is 41.7 Å². The summed E-state index contributed by atoms with van der Waals surface area (Å²) in [4.78, 5) is 0. The van der Waals surface area contributed by atoms with Crippen LogP contribution in [0.5, 0.6) is 0 Å². The van der Waals surface area contributed by atoms with Crippen LogP contribution in [0.4, 0.5) is 0 Å². The maximum Gasteiger partial charge on any atom is 0.134 e. The Morgan fingerprint density at radius 2 is 2.00 bits per heavy atom. The van der Waals surface area contributed by atoms with Crippen molar-refractivity contribution in [3.8, 4) is 0 Å². The zero-order valence-electron chi connectivity index (χ0n) is 11.6. The summed E-state index contributed by atoms with van der Waals surface area (Å²) in [7, 11) is 0. The molecule has 1 aromatic heterocycles. The van der Waals surface area contributed by atoms with Gasteiger partial charge in [-0.3, -0.25) is 0 Å². The number of hydrogen-bond acceptors (Lipinski definition) is 2. The number of benzene rings is 1. The lowest BCUT2D eigenvalue weighted by atomic mass is 10.1. The van der Waals surface area contributed by atoms with Crippen molar-refractivity contribution >= 4 is 17.0 Å². The molecule has 0 saturated carbocycles. The van der Waals surface area contributed by atoms with Crippen LogP contribution in [-0.4, -0.2) is 12.1 Å². The van der Waals surface area contributed by atoms with Crippen LogP contribution < -0.4 is 5.32 Å². The molecule has 0 atom stereocenters. The van der Waals surface area contributed by atoms with Crippen molar-refractivity contribution < 1.29 is 4.42 Å². The molecule has 1 N–H and O–H groups in total. The largest absolute Gasteiger partial charge is 0.457 e. The van der Waals surface area contributed by atoms with Crippen LogP contribution in [0.3, 0.4) is 0 Å². The van der Waals surface area contributed by atoms with Crippen molar-refractivity contribution in [2.75, 3.05) is 6.54 Å². The number of nitrogens with one attached hydrogen (secondary N) is 1. The standard InChI is InChI=1S/C16H21NO/c1-12(11-17-16(2,3)4)9-14-10-13-7-5-6-8-15(13)18-14/h5-10,17H,11H2,1-4H3. The van der Waals surface area contributed by atoms with Gasteiger partial charge >= 0.3 is 0 Å². The molecule has 2 heteroatoms. The van der Waals surface area contributed by atoms with E-state index in [1.54, 1.807) is 0 Å². The molecule has 2 nitrogen and oxygen atoms in total. The Hall–Kier alpha value is -1.54. The molecule has 96 valence electrons. The molecule has 0 fully saturated rings. The first-order chi connectivity index (χ1) is 8.44. The molecule has 1 aromatic carbocycles. The molecule has 1 heterocycles. The van der Waals surface area contributed by atoms with Crippen LogP contribution in [0, 0.1) is 0 Å². The molecule has 0 bridgehead atoms. The minimum Gasteiger partial charge on any atom is -0.457 e. The number of rotatable bonds is 3. The van der Waals surface area contributed by atoms with E-state index in [0.29, 0.717) is 0 Å². The molecule has 0 spiro atoms. The first-order valence-electron chi connectivity index (χ1n) is 6.35. The van der Waals surface area contributed by atoms with E-state index in [4.69, 9.17) is 4.42 Å². The van der Waals surface area contributed by atoms with E-state index in [0.717, 1.165) is 23.3 Å². The molecule has 0 unspecified atom stereocenters. The van der Waals surface area contributed by atoms with Gasteiger partial charge in [-0.25, -0.2) is 0 Å². The highest BCUT2D eigenvalue weighted by molar-refractivity contribution is 5.79. The van der Waals surface area contributed by atoms with Crippen LogP contribution in [-0.2, 0) is 0 Å². The number of hydrogen-bond donors (Lipinski definition) is 1. The van der Waals surface area contributed by atoms with Crippen molar-refractivity contribution in [3.63, 3.8) is 0 Å². The summed E-state index contributed by atoms with van der Waals surface area (Å²) in [5, 5.41) is 4.62. The van der Waals surface area contributed by atoms with Gasteiger partial charge < -0.3 is 9.73 Å². The van der Waals surface area contributed by atoms with Gasteiger partial charge in [-0.15, -0.1) is 0 Å². The van der Waals surface area contributed by atoms with E-state index in [1.807, 2.05) is 18.2 Å². The van der Waals surface area contributed by atoms with Gasteiger partial charge in [0.1, 0.15) is 11.3 Å². The summed E-state index contributed by atoms with van der Waals surface area (Å²) in [6, 6.07) is 10.2. The van der Waals surface area contributed by atoms with Gasteiger partial charge in [-0.1, -0.05) is 23.8 Å². The Morgan fingerprint density at radius 3 is 2.67 bits per heavy atom. The zero-order valence-corrected chi connectivity index (χ0v) is 11.6. The summed E-state index contributed by atoms with van der Waals surface area (Å²) in [5.74, 6) is 0.921. The molecule has 0 aliphatic carbocycles. The summed E-state index contributed by atoms with van der Waals surface area (Å²) in [5.41, 5.74) is 2.35. The second-order valence-corrected chi connectivity index (χ2v) is 5.78. The minimum atomic E-state index is 0.142. The summed E-state index contributed by atoms with van der Waals surface area (Å²) in [6.45, 7) is 9.50. The van der Waals surface area contributed by atoms with Gasteiger partial charge in [0.15, 0.2) is 0 Å². The normalized spacial score (nSPS) is 13.2. The molecular weight excluding hydrogens is 222 g/mol. The van der Waals surface area contributed by atoms with Gasteiger partial charge in [0, 0.05) is 17.5 Å². The van der Waals surface area contributed by atoms with Crippen LogP contribution in [0.1, 0.15) is 33.5 Å². The third-order valence-electron chi connectivity index (χ3n) is 2.73. The van der Waals surface area contributed by atoms with Crippen molar-refractivity contribution in [2.24, 2.45) is 0 Å². The molecular formula is C16H21NO. The van der Waals surface area contributed by atoms with Gasteiger partial charge in [-0.05, 0) is 45.9 Å². The quantitative estimate of drug-likeness (QED) is 0.873. The summed E-state index contributed by atoms with van der Waals surface area (Å²) >= 11 is 0. The second-order valence-electron chi connectivity index (χ2n) is 5.78. The predicted molar refractivity (Wildman–Crippen MR) is 77.6 cm³/mol. The highest BCUT2D eigenvalue weighted by Crippen LogP contribution is 2.20. The Labute approximate surface area is 109 Å². The lowest BCUT2D eigenvalue weighted by Gasteiger charge is -2.20. The predicted octanol–water partition coefficient (Wildman–Crippen LogP) is 4.22. The van der Waals surface area contributed by atoms with E-state index in [-0.39, 0.29) is 5.54 Å². The Kier molecular flexibility index (Phi) is 3.58. The monoisotopic (exact) mass is 243 g/mol. The number of fused-ring (bicyclic) bond motifs is 1. The third kappa shape index (κ3) is 3.47. The second kappa shape index (κ2) is 4.99. The fraction of sp³-hybridized carbons (Fsp3) is 0.375. The topological polar surface area (TPSA) is 25.2 Å². The molecule has 18 heavy (non-hydrogen) atoms. The molecule has 0 aliphatic heterocycles. The van der Waals surface area contributed by atoms with E-state index < -0.39 is 0 Å². The maximum absolute atomic E-state index is 5.77. The van der Waals surface area contributed by atoms with E-state index in [2.05, 4.69) is 51.2 Å². The van der Waals surface area contributed by atoms with Crippen LogP contribution >= 0.6 is 0 Å². The van der Waals surface area contributed by atoms with E-state index in [9.17, 15) is 0 Å². The Bertz CT molecular complexity index is 525. The highest BCUT2D eigenvalue weighted by Gasteiger charge is 2.08. The molecule has 2 aromatic rings. The third-order valence-corrected chi connectivity index (χ3v) is 2.73. The average molecular weight is 243 g/mol. The van der Waals surface area contributed by atoms with Crippen LogP contribution in [0.15, 0.2) is 40.3 Å². The minimum absolute atomic E-state index is 0.142. The molecule has 2 rings (SSSR count). The van der Waals surface area contributed by atoms with Gasteiger partial charge in [0.25, 0.3) is 0 Å². The fourth-order valence-electron chi connectivity index (χ4n) is 1.77. The Balaban J connectivity index is 2.12.